The third-order valence-corrected chi connectivity index (χ3v) is 1.51. The van der Waals surface area contributed by atoms with Gasteiger partial charge in [0, 0.05) is 6.07 Å². The van der Waals surface area contributed by atoms with Gasteiger partial charge in [-0.25, -0.2) is 4.57 Å². The fraction of sp³-hybridized carbons (Fsp3) is 0.250. The van der Waals surface area contributed by atoms with Crippen molar-refractivity contribution in [3.63, 3.8) is 0 Å². The lowest BCUT2D eigenvalue weighted by atomic mass is 10.2. The average molecular weight is 151 g/mol. The quantitative estimate of drug-likeness (QED) is 0.273. The van der Waals surface area contributed by atoms with Gasteiger partial charge in [0.1, 0.15) is 7.05 Å². The average Bonchev–Trinajstić information content (AvgIpc) is 2.03. The van der Waals surface area contributed by atoms with E-state index >= 15 is 0 Å². The Hall–Kier alpha value is -1.38. The van der Waals surface area contributed by atoms with Crippen molar-refractivity contribution in [2.45, 2.75) is 6.92 Å². The molecule has 0 aliphatic carbocycles. The fourth-order valence-corrected chi connectivity index (χ4v) is 0.860. The SMILES string of the molecule is C/C(=N/O)c1ccc[n+](C)c1. The van der Waals surface area contributed by atoms with Gasteiger partial charge in [-0.3, -0.25) is 0 Å². The summed E-state index contributed by atoms with van der Waals surface area (Å²) in [5.41, 5.74) is 1.55. The van der Waals surface area contributed by atoms with Crippen LogP contribution in [-0.4, -0.2) is 10.9 Å². The molecule has 1 aromatic rings. The first kappa shape index (κ1) is 7.72. The Morgan fingerprint density at radius 3 is 2.91 bits per heavy atom. The minimum absolute atomic E-state index is 0.626. The van der Waals surface area contributed by atoms with E-state index in [9.17, 15) is 0 Å². The Morgan fingerprint density at radius 1 is 1.64 bits per heavy atom. The second-order valence-corrected chi connectivity index (χ2v) is 2.44. The standard InChI is InChI=1S/C8H10N2O/c1-7(9-11)8-4-3-5-10(2)6-8/h3-6H,1-2H3/p+1/b9-7-. The lowest BCUT2D eigenvalue weighted by Gasteiger charge is -1.93. The molecule has 1 N–H and O–H groups in total. The number of aryl methyl sites for hydroxylation is 1. The van der Waals surface area contributed by atoms with E-state index in [1.54, 1.807) is 6.92 Å². The molecule has 11 heavy (non-hydrogen) atoms. The molecule has 0 unspecified atom stereocenters. The van der Waals surface area contributed by atoms with E-state index in [2.05, 4.69) is 5.16 Å². The van der Waals surface area contributed by atoms with Gasteiger partial charge >= 0.3 is 0 Å². The van der Waals surface area contributed by atoms with Gasteiger partial charge < -0.3 is 5.21 Å². The van der Waals surface area contributed by atoms with Crippen molar-refractivity contribution in [1.82, 2.24) is 0 Å². The molecule has 3 heteroatoms. The van der Waals surface area contributed by atoms with E-state index in [4.69, 9.17) is 5.21 Å². The predicted molar refractivity (Wildman–Crippen MR) is 41.6 cm³/mol. The highest BCUT2D eigenvalue weighted by molar-refractivity contribution is 5.97. The molecule has 0 fully saturated rings. The Bertz CT molecular complexity index is 281. The van der Waals surface area contributed by atoms with E-state index in [-0.39, 0.29) is 0 Å². The van der Waals surface area contributed by atoms with Crippen molar-refractivity contribution >= 4 is 5.71 Å². The summed E-state index contributed by atoms with van der Waals surface area (Å²) in [6, 6.07) is 3.80. The van der Waals surface area contributed by atoms with Crippen molar-refractivity contribution in [3.8, 4) is 0 Å². The molecule has 0 aliphatic heterocycles. The normalized spacial score (nSPS) is 11.6. The number of pyridine rings is 1. The van der Waals surface area contributed by atoms with Crippen LogP contribution in [0, 0.1) is 0 Å². The summed E-state index contributed by atoms with van der Waals surface area (Å²) in [5, 5.41) is 11.6. The first-order valence-corrected chi connectivity index (χ1v) is 3.38. The molecule has 0 radical (unpaired) electrons. The van der Waals surface area contributed by atoms with Crippen LogP contribution in [0.1, 0.15) is 12.5 Å². The van der Waals surface area contributed by atoms with Gasteiger partial charge in [0.2, 0.25) is 0 Å². The molecule has 0 aromatic carbocycles. The highest BCUT2D eigenvalue weighted by atomic mass is 16.4. The number of aromatic nitrogens is 1. The van der Waals surface area contributed by atoms with Gasteiger partial charge in [-0.15, -0.1) is 0 Å². The minimum atomic E-state index is 0.626. The summed E-state index contributed by atoms with van der Waals surface area (Å²) in [4.78, 5) is 0. The number of hydrogen-bond donors (Lipinski definition) is 1. The Kier molecular flexibility index (Phi) is 2.21. The first-order valence-electron chi connectivity index (χ1n) is 3.38. The molecule has 1 rings (SSSR count). The highest BCUT2D eigenvalue weighted by Crippen LogP contribution is 1.95. The summed E-state index contributed by atoms with van der Waals surface area (Å²) in [5.74, 6) is 0. The number of nitrogens with zero attached hydrogens (tertiary/aromatic N) is 2. The third-order valence-electron chi connectivity index (χ3n) is 1.51. The predicted octanol–water partition coefficient (Wildman–Crippen LogP) is 0.709. The number of hydrogen-bond acceptors (Lipinski definition) is 2. The van der Waals surface area contributed by atoms with Crippen molar-refractivity contribution in [3.05, 3.63) is 30.1 Å². The van der Waals surface area contributed by atoms with Crippen molar-refractivity contribution in [1.29, 1.82) is 0 Å². The van der Waals surface area contributed by atoms with Crippen LogP contribution in [0.2, 0.25) is 0 Å². The maximum atomic E-state index is 8.46. The minimum Gasteiger partial charge on any atom is -0.411 e. The Labute approximate surface area is 65.6 Å². The van der Waals surface area contributed by atoms with E-state index in [1.165, 1.54) is 0 Å². The first-order chi connectivity index (χ1) is 5.24. The van der Waals surface area contributed by atoms with E-state index in [1.807, 2.05) is 36.1 Å². The molecule has 0 aliphatic rings. The molecule has 0 amide bonds. The van der Waals surface area contributed by atoms with Gasteiger partial charge in [0.05, 0.1) is 11.3 Å². The highest BCUT2D eigenvalue weighted by Gasteiger charge is 2.00. The summed E-state index contributed by atoms with van der Waals surface area (Å²) in [6.07, 6.45) is 3.82. The van der Waals surface area contributed by atoms with Crippen LogP contribution in [0.25, 0.3) is 0 Å². The number of rotatable bonds is 1. The summed E-state index contributed by atoms with van der Waals surface area (Å²) < 4.78 is 1.91. The van der Waals surface area contributed by atoms with Gasteiger partial charge in [0.25, 0.3) is 0 Å². The smallest absolute Gasteiger partial charge is 0.177 e. The molecular formula is C8H11N2O+. The van der Waals surface area contributed by atoms with Crippen LogP contribution >= 0.6 is 0 Å². The lowest BCUT2D eigenvalue weighted by Crippen LogP contribution is -2.27. The van der Waals surface area contributed by atoms with Crippen molar-refractivity contribution in [2.75, 3.05) is 0 Å². The second-order valence-electron chi connectivity index (χ2n) is 2.44. The summed E-state index contributed by atoms with van der Waals surface area (Å²) >= 11 is 0. The zero-order valence-electron chi connectivity index (χ0n) is 6.65. The topological polar surface area (TPSA) is 36.5 Å². The zero-order valence-corrected chi connectivity index (χ0v) is 6.65. The maximum absolute atomic E-state index is 8.46. The Morgan fingerprint density at radius 2 is 2.36 bits per heavy atom. The van der Waals surface area contributed by atoms with Crippen LogP contribution in [0.4, 0.5) is 0 Å². The van der Waals surface area contributed by atoms with Crippen LogP contribution in [0.5, 0.6) is 0 Å². The molecule has 58 valence electrons. The molecule has 1 aromatic heterocycles. The van der Waals surface area contributed by atoms with Crippen LogP contribution in [-0.2, 0) is 7.05 Å². The number of oxime groups is 1. The third kappa shape index (κ3) is 1.77. The Balaban J connectivity index is 3.06. The van der Waals surface area contributed by atoms with E-state index < -0.39 is 0 Å². The molecule has 0 atom stereocenters. The van der Waals surface area contributed by atoms with Gasteiger partial charge in [-0.1, -0.05) is 5.16 Å². The molecule has 0 spiro atoms. The molecule has 0 saturated heterocycles. The second kappa shape index (κ2) is 3.14. The van der Waals surface area contributed by atoms with Crippen molar-refractivity contribution in [2.24, 2.45) is 12.2 Å². The molecular weight excluding hydrogens is 140 g/mol. The zero-order chi connectivity index (χ0) is 8.27. The summed E-state index contributed by atoms with van der Waals surface area (Å²) in [6.45, 7) is 1.76. The van der Waals surface area contributed by atoms with Crippen LogP contribution in [0.3, 0.4) is 0 Å². The van der Waals surface area contributed by atoms with E-state index in [0.29, 0.717) is 5.71 Å². The van der Waals surface area contributed by atoms with Gasteiger partial charge in [0.15, 0.2) is 12.4 Å². The molecule has 3 nitrogen and oxygen atoms in total. The summed E-state index contributed by atoms with van der Waals surface area (Å²) in [7, 11) is 1.92. The molecule has 0 saturated carbocycles. The monoisotopic (exact) mass is 151 g/mol. The van der Waals surface area contributed by atoms with Gasteiger partial charge in [-0.05, 0) is 13.0 Å². The van der Waals surface area contributed by atoms with Gasteiger partial charge in [-0.2, -0.15) is 0 Å². The van der Waals surface area contributed by atoms with Crippen LogP contribution in [0.15, 0.2) is 29.7 Å². The lowest BCUT2D eigenvalue weighted by molar-refractivity contribution is -0.671. The van der Waals surface area contributed by atoms with Crippen molar-refractivity contribution < 1.29 is 9.77 Å². The maximum Gasteiger partial charge on any atom is 0.177 e. The molecule has 1 heterocycles. The fourth-order valence-electron chi connectivity index (χ4n) is 0.860. The van der Waals surface area contributed by atoms with E-state index in [0.717, 1.165) is 5.56 Å². The molecule has 0 bridgehead atoms. The van der Waals surface area contributed by atoms with Crippen LogP contribution < -0.4 is 4.57 Å². The largest absolute Gasteiger partial charge is 0.411 e.